The van der Waals surface area contributed by atoms with Crippen LogP contribution >= 0.6 is 11.6 Å². The fraction of sp³-hybridized carbons (Fsp3) is 0.545. The zero-order chi connectivity index (χ0) is 22.0. The van der Waals surface area contributed by atoms with Gasteiger partial charge in [-0.1, -0.05) is 25.4 Å². The second-order valence-corrected chi connectivity index (χ2v) is 10.5. The molecule has 3 heterocycles. The van der Waals surface area contributed by atoms with E-state index >= 15 is 0 Å². The number of rotatable bonds is 7. The van der Waals surface area contributed by atoms with E-state index in [2.05, 4.69) is 29.0 Å². The summed E-state index contributed by atoms with van der Waals surface area (Å²) in [5.74, 6) is 2.32. The van der Waals surface area contributed by atoms with E-state index in [0.717, 1.165) is 49.0 Å². The highest BCUT2D eigenvalue weighted by Gasteiger charge is 2.29. The number of halogens is 1. The standard InChI is InChI=1S/C22H30ClN5O2S/c1-15(2)13-17(14-29)24-21-20-19(7-12-31(20)30)25-22(26-21)28-10-8-27(9-11-28)18-5-3-16(23)4-6-18/h3-6,15,17,29H,7-14H2,1-2H3,(H,24,25,26)/t17?,31-/m1/s1. The number of aliphatic hydroxyl groups excluding tert-OH is 1. The lowest BCUT2D eigenvalue weighted by atomic mass is 10.0. The third-order valence-corrected chi connectivity index (χ3v) is 7.46. The van der Waals surface area contributed by atoms with Crippen LogP contribution in [0.2, 0.25) is 5.02 Å². The van der Waals surface area contributed by atoms with Gasteiger partial charge in [-0.05, 0) is 36.6 Å². The number of hydrogen-bond donors (Lipinski definition) is 2. The van der Waals surface area contributed by atoms with Crippen LogP contribution in [-0.4, -0.2) is 63.9 Å². The summed E-state index contributed by atoms with van der Waals surface area (Å²) in [6.07, 6.45) is 1.52. The Morgan fingerprint density at radius 1 is 1.13 bits per heavy atom. The van der Waals surface area contributed by atoms with Crippen LogP contribution < -0.4 is 15.1 Å². The molecule has 0 aliphatic carbocycles. The Kier molecular flexibility index (Phi) is 6.99. The van der Waals surface area contributed by atoms with Crippen molar-refractivity contribution in [2.24, 2.45) is 5.92 Å². The van der Waals surface area contributed by atoms with Gasteiger partial charge in [0.25, 0.3) is 0 Å². The predicted molar refractivity (Wildman–Crippen MR) is 127 cm³/mol. The average molecular weight is 464 g/mol. The fourth-order valence-electron chi connectivity index (χ4n) is 4.18. The monoisotopic (exact) mass is 463 g/mol. The molecule has 1 unspecified atom stereocenters. The summed E-state index contributed by atoms with van der Waals surface area (Å²) in [5.41, 5.74) is 2.03. The zero-order valence-corrected chi connectivity index (χ0v) is 19.6. The molecule has 0 saturated carbocycles. The molecule has 0 amide bonds. The molecule has 2 aliphatic heterocycles. The second-order valence-electron chi connectivity index (χ2n) is 8.55. The number of anilines is 3. The molecule has 4 rings (SSSR count). The first-order chi connectivity index (χ1) is 14.9. The van der Waals surface area contributed by atoms with Gasteiger partial charge in [0, 0.05) is 49.1 Å². The van der Waals surface area contributed by atoms with Crippen molar-refractivity contribution in [3.8, 4) is 0 Å². The number of benzene rings is 1. The van der Waals surface area contributed by atoms with Crippen molar-refractivity contribution in [2.75, 3.05) is 53.7 Å². The molecule has 1 saturated heterocycles. The van der Waals surface area contributed by atoms with E-state index in [1.54, 1.807) is 0 Å². The number of piperazine rings is 1. The van der Waals surface area contributed by atoms with Gasteiger partial charge in [0.05, 0.1) is 29.1 Å². The Morgan fingerprint density at radius 2 is 1.81 bits per heavy atom. The molecule has 2 aromatic rings. The topological polar surface area (TPSA) is 81.6 Å². The molecule has 9 heteroatoms. The number of aliphatic hydroxyl groups is 1. The van der Waals surface area contributed by atoms with Gasteiger partial charge in [0.2, 0.25) is 5.95 Å². The van der Waals surface area contributed by atoms with Crippen LogP contribution in [0.25, 0.3) is 0 Å². The minimum Gasteiger partial charge on any atom is -0.394 e. The van der Waals surface area contributed by atoms with Crippen molar-refractivity contribution in [3.63, 3.8) is 0 Å². The van der Waals surface area contributed by atoms with Gasteiger partial charge in [-0.3, -0.25) is 4.21 Å². The second kappa shape index (κ2) is 9.71. The minimum absolute atomic E-state index is 0.0126. The lowest BCUT2D eigenvalue weighted by Gasteiger charge is -2.36. The molecule has 2 N–H and O–H groups in total. The number of aromatic nitrogens is 2. The molecule has 7 nitrogen and oxygen atoms in total. The van der Waals surface area contributed by atoms with Gasteiger partial charge in [-0.25, -0.2) is 4.98 Å². The highest BCUT2D eigenvalue weighted by Crippen LogP contribution is 2.31. The maximum absolute atomic E-state index is 12.6. The van der Waals surface area contributed by atoms with Crippen LogP contribution in [0, 0.1) is 5.92 Å². The Bertz CT molecular complexity index is 932. The Morgan fingerprint density at radius 3 is 2.45 bits per heavy atom. The number of nitrogens with one attached hydrogen (secondary N) is 1. The molecule has 168 valence electrons. The van der Waals surface area contributed by atoms with Crippen molar-refractivity contribution in [1.29, 1.82) is 0 Å². The zero-order valence-electron chi connectivity index (χ0n) is 18.1. The van der Waals surface area contributed by atoms with Crippen LogP contribution in [0.3, 0.4) is 0 Å². The number of hydrogen-bond acceptors (Lipinski definition) is 7. The third kappa shape index (κ3) is 5.13. The molecule has 1 aromatic heterocycles. The van der Waals surface area contributed by atoms with Gasteiger partial charge < -0.3 is 20.2 Å². The average Bonchev–Trinajstić information content (AvgIpc) is 3.14. The van der Waals surface area contributed by atoms with E-state index in [1.807, 2.05) is 24.3 Å². The van der Waals surface area contributed by atoms with Crippen molar-refractivity contribution >= 4 is 39.9 Å². The van der Waals surface area contributed by atoms with Crippen molar-refractivity contribution in [3.05, 3.63) is 35.0 Å². The molecule has 2 atom stereocenters. The van der Waals surface area contributed by atoms with E-state index in [1.165, 1.54) is 0 Å². The summed E-state index contributed by atoms with van der Waals surface area (Å²) >= 11 is 6.01. The summed E-state index contributed by atoms with van der Waals surface area (Å²) < 4.78 is 12.6. The molecule has 2 aliphatic rings. The summed E-state index contributed by atoms with van der Waals surface area (Å²) in [5, 5.41) is 13.9. The van der Waals surface area contributed by atoms with Crippen LogP contribution in [0.1, 0.15) is 26.0 Å². The maximum Gasteiger partial charge on any atom is 0.227 e. The number of fused-ring (bicyclic) bond motifs is 1. The first-order valence-corrected chi connectivity index (χ1v) is 12.6. The molecule has 0 spiro atoms. The lowest BCUT2D eigenvalue weighted by Crippen LogP contribution is -2.47. The lowest BCUT2D eigenvalue weighted by molar-refractivity contribution is 0.259. The van der Waals surface area contributed by atoms with Gasteiger partial charge in [0.1, 0.15) is 10.7 Å². The van der Waals surface area contributed by atoms with E-state index in [4.69, 9.17) is 21.6 Å². The molecule has 1 fully saturated rings. The molecule has 0 bridgehead atoms. The molecule has 0 radical (unpaired) electrons. The summed E-state index contributed by atoms with van der Waals surface area (Å²) in [4.78, 5) is 14.8. The van der Waals surface area contributed by atoms with Gasteiger partial charge in [-0.2, -0.15) is 4.98 Å². The van der Waals surface area contributed by atoms with E-state index in [-0.39, 0.29) is 12.6 Å². The summed E-state index contributed by atoms with van der Waals surface area (Å²) in [6, 6.07) is 7.81. The van der Waals surface area contributed by atoms with E-state index in [9.17, 15) is 9.32 Å². The predicted octanol–water partition coefficient (Wildman–Crippen LogP) is 2.94. The van der Waals surface area contributed by atoms with Crippen LogP contribution in [0.5, 0.6) is 0 Å². The van der Waals surface area contributed by atoms with Gasteiger partial charge >= 0.3 is 0 Å². The molecule has 1 aromatic carbocycles. The SMILES string of the molecule is CC(C)CC(CO)Nc1nc(N2CCN(c3ccc(Cl)cc3)CC2)nc2c1[S@](=O)CC2. The largest absolute Gasteiger partial charge is 0.394 e. The summed E-state index contributed by atoms with van der Waals surface area (Å²) in [6.45, 7) is 7.60. The smallest absolute Gasteiger partial charge is 0.227 e. The van der Waals surface area contributed by atoms with Gasteiger partial charge in [0.15, 0.2) is 0 Å². The molecular formula is C22H30ClN5O2S. The van der Waals surface area contributed by atoms with Crippen molar-refractivity contribution < 1.29 is 9.32 Å². The Labute approximate surface area is 191 Å². The first kappa shape index (κ1) is 22.3. The normalized spacial score (nSPS) is 19.6. The van der Waals surface area contributed by atoms with Crippen LogP contribution in [-0.2, 0) is 17.2 Å². The Balaban J connectivity index is 1.52. The quantitative estimate of drug-likeness (QED) is 0.653. The van der Waals surface area contributed by atoms with Gasteiger partial charge in [-0.15, -0.1) is 0 Å². The number of nitrogens with zero attached hydrogens (tertiary/aromatic N) is 4. The van der Waals surface area contributed by atoms with Crippen molar-refractivity contribution in [1.82, 2.24) is 9.97 Å². The third-order valence-electron chi connectivity index (χ3n) is 5.75. The first-order valence-electron chi connectivity index (χ1n) is 10.9. The number of aryl methyl sites for hydroxylation is 1. The highest BCUT2D eigenvalue weighted by molar-refractivity contribution is 7.85. The minimum atomic E-state index is -1.09. The fourth-order valence-corrected chi connectivity index (χ4v) is 5.62. The van der Waals surface area contributed by atoms with E-state index < -0.39 is 10.8 Å². The molecule has 31 heavy (non-hydrogen) atoms. The Hall–Kier alpha value is -1.90. The van der Waals surface area contributed by atoms with Crippen LogP contribution in [0.15, 0.2) is 29.2 Å². The molecular weight excluding hydrogens is 434 g/mol. The van der Waals surface area contributed by atoms with E-state index in [0.29, 0.717) is 34.8 Å². The summed E-state index contributed by atoms with van der Waals surface area (Å²) in [7, 11) is -1.09. The highest BCUT2D eigenvalue weighted by atomic mass is 35.5. The van der Waals surface area contributed by atoms with Crippen LogP contribution in [0.4, 0.5) is 17.5 Å². The maximum atomic E-state index is 12.6. The van der Waals surface area contributed by atoms with Crippen molar-refractivity contribution in [2.45, 2.75) is 37.6 Å².